The number of rotatable bonds is 1. The largest absolute Gasteiger partial charge is 0.497 e. The predicted octanol–water partition coefficient (Wildman–Crippen LogP) is 3.82. The van der Waals surface area contributed by atoms with E-state index >= 15 is 0 Å². The Bertz CT molecular complexity index is 604. The first kappa shape index (κ1) is 13.4. The van der Waals surface area contributed by atoms with Gasteiger partial charge in [-0.15, -0.1) is 0 Å². The minimum absolute atomic E-state index is 0.109. The fourth-order valence-electron chi connectivity index (χ4n) is 5.05. The molecule has 1 N–H and O–H groups in total. The van der Waals surface area contributed by atoms with Gasteiger partial charge in [0.2, 0.25) is 0 Å². The van der Waals surface area contributed by atoms with E-state index in [9.17, 15) is 5.11 Å². The number of ether oxygens (including phenoxy) is 1. The van der Waals surface area contributed by atoms with Crippen LogP contribution in [0.1, 0.15) is 43.7 Å². The van der Waals surface area contributed by atoms with Crippen molar-refractivity contribution >= 4 is 5.57 Å². The molecule has 21 heavy (non-hydrogen) atoms. The van der Waals surface area contributed by atoms with Crippen molar-refractivity contribution < 1.29 is 9.84 Å². The van der Waals surface area contributed by atoms with Gasteiger partial charge in [0, 0.05) is 5.41 Å². The molecular weight excluding hydrogens is 260 g/mol. The van der Waals surface area contributed by atoms with Crippen LogP contribution in [0.4, 0.5) is 0 Å². The number of aryl methyl sites for hydroxylation is 1. The van der Waals surface area contributed by atoms with Crippen LogP contribution in [0, 0.1) is 17.3 Å². The van der Waals surface area contributed by atoms with Crippen LogP contribution in [0.3, 0.4) is 0 Å². The van der Waals surface area contributed by atoms with Crippen LogP contribution in [0.25, 0.3) is 5.57 Å². The summed E-state index contributed by atoms with van der Waals surface area (Å²) in [7, 11) is 1.73. The molecule has 2 nitrogen and oxygen atoms in total. The SMILES string of the molecule is COc1ccc2c(c1)CCC1C2=CCC2(C)C(O)CCC12. The molecule has 3 aliphatic carbocycles. The summed E-state index contributed by atoms with van der Waals surface area (Å²) in [6.07, 6.45) is 7.85. The fourth-order valence-corrected chi connectivity index (χ4v) is 5.05. The Hall–Kier alpha value is -1.28. The summed E-state index contributed by atoms with van der Waals surface area (Å²) in [6, 6.07) is 6.52. The summed E-state index contributed by atoms with van der Waals surface area (Å²) in [6.45, 7) is 2.30. The average molecular weight is 284 g/mol. The van der Waals surface area contributed by atoms with Gasteiger partial charge >= 0.3 is 0 Å². The zero-order chi connectivity index (χ0) is 14.6. The van der Waals surface area contributed by atoms with Gasteiger partial charge in [-0.2, -0.15) is 0 Å². The summed E-state index contributed by atoms with van der Waals surface area (Å²) in [5.41, 5.74) is 4.50. The fraction of sp³-hybridized carbons (Fsp3) is 0.579. The van der Waals surface area contributed by atoms with Crippen LogP contribution >= 0.6 is 0 Å². The molecule has 4 atom stereocenters. The lowest BCUT2D eigenvalue weighted by atomic mass is 9.60. The Morgan fingerprint density at radius 1 is 1.24 bits per heavy atom. The number of hydrogen-bond donors (Lipinski definition) is 1. The highest BCUT2D eigenvalue weighted by molar-refractivity contribution is 5.73. The maximum Gasteiger partial charge on any atom is 0.119 e. The summed E-state index contributed by atoms with van der Waals surface area (Å²) in [5.74, 6) is 2.26. The zero-order valence-electron chi connectivity index (χ0n) is 12.9. The lowest BCUT2D eigenvalue weighted by Crippen LogP contribution is -2.40. The third-order valence-corrected chi connectivity index (χ3v) is 6.35. The Balaban J connectivity index is 1.76. The Morgan fingerprint density at radius 2 is 2.10 bits per heavy atom. The first-order chi connectivity index (χ1) is 10.1. The molecule has 0 radical (unpaired) electrons. The molecule has 4 rings (SSSR count). The summed E-state index contributed by atoms with van der Waals surface area (Å²) >= 11 is 0. The molecule has 1 saturated carbocycles. The van der Waals surface area contributed by atoms with Crippen molar-refractivity contribution in [2.45, 2.75) is 45.1 Å². The normalized spacial score (nSPS) is 37.3. The Morgan fingerprint density at radius 3 is 2.90 bits per heavy atom. The molecule has 0 spiro atoms. The van der Waals surface area contributed by atoms with E-state index in [0.717, 1.165) is 25.0 Å². The smallest absolute Gasteiger partial charge is 0.119 e. The summed E-state index contributed by atoms with van der Waals surface area (Å²) < 4.78 is 5.36. The molecule has 1 fully saturated rings. The molecular formula is C19H24O2. The molecule has 0 aliphatic heterocycles. The highest BCUT2D eigenvalue weighted by Crippen LogP contribution is 2.58. The molecule has 0 heterocycles. The standard InChI is InChI=1S/C19H24O2/c1-19-10-9-15-14-6-4-13(21-2)11-12(14)3-5-16(15)17(19)7-8-18(19)20/h4,6,9,11,16-18,20H,3,5,7-8,10H2,1-2H3. The first-order valence-electron chi connectivity index (χ1n) is 8.19. The van der Waals surface area contributed by atoms with E-state index in [2.05, 4.69) is 31.2 Å². The first-order valence-corrected chi connectivity index (χ1v) is 8.19. The monoisotopic (exact) mass is 284 g/mol. The van der Waals surface area contributed by atoms with Crippen LogP contribution in [-0.4, -0.2) is 18.3 Å². The second kappa shape index (κ2) is 4.61. The van der Waals surface area contributed by atoms with Crippen molar-refractivity contribution in [3.05, 3.63) is 35.4 Å². The Labute approximate surface area is 126 Å². The van der Waals surface area contributed by atoms with Gasteiger partial charge in [-0.3, -0.25) is 0 Å². The molecule has 0 saturated heterocycles. The van der Waals surface area contributed by atoms with Gasteiger partial charge in [-0.25, -0.2) is 0 Å². The van der Waals surface area contributed by atoms with E-state index in [4.69, 9.17) is 4.74 Å². The van der Waals surface area contributed by atoms with E-state index < -0.39 is 0 Å². The van der Waals surface area contributed by atoms with E-state index in [1.54, 1.807) is 7.11 Å². The second-order valence-corrected chi connectivity index (χ2v) is 7.24. The van der Waals surface area contributed by atoms with Crippen LogP contribution in [-0.2, 0) is 6.42 Å². The minimum Gasteiger partial charge on any atom is -0.497 e. The quantitative estimate of drug-likeness (QED) is 0.849. The van der Waals surface area contributed by atoms with Crippen molar-refractivity contribution in [2.75, 3.05) is 7.11 Å². The van der Waals surface area contributed by atoms with Gasteiger partial charge in [0.15, 0.2) is 0 Å². The van der Waals surface area contributed by atoms with E-state index in [1.165, 1.54) is 29.5 Å². The Kier molecular flexibility index (Phi) is 2.94. The minimum atomic E-state index is -0.113. The molecule has 0 aromatic heterocycles. The lowest BCUT2D eigenvalue weighted by molar-refractivity contribution is 0.0251. The highest BCUT2D eigenvalue weighted by atomic mass is 16.5. The summed E-state index contributed by atoms with van der Waals surface area (Å²) in [4.78, 5) is 0. The molecule has 0 amide bonds. The number of hydrogen-bond acceptors (Lipinski definition) is 2. The van der Waals surface area contributed by atoms with Crippen LogP contribution in [0.15, 0.2) is 24.3 Å². The molecule has 1 aromatic rings. The highest BCUT2D eigenvalue weighted by Gasteiger charge is 2.51. The van der Waals surface area contributed by atoms with E-state index in [1.807, 2.05) is 0 Å². The molecule has 112 valence electrons. The van der Waals surface area contributed by atoms with Crippen molar-refractivity contribution in [1.82, 2.24) is 0 Å². The number of aliphatic hydroxyl groups is 1. The second-order valence-electron chi connectivity index (χ2n) is 7.24. The third kappa shape index (κ3) is 1.81. The van der Waals surface area contributed by atoms with Crippen LogP contribution in [0.5, 0.6) is 5.75 Å². The molecule has 2 heteroatoms. The molecule has 3 aliphatic rings. The predicted molar refractivity (Wildman–Crippen MR) is 84.2 cm³/mol. The number of aliphatic hydroxyl groups excluding tert-OH is 1. The van der Waals surface area contributed by atoms with Gasteiger partial charge in [0.25, 0.3) is 0 Å². The zero-order valence-corrected chi connectivity index (χ0v) is 12.9. The average Bonchev–Trinajstić information content (AvgIpc) is 2.82. The maximum atomic E-state index is 10.4. The van der Waals surface area contributed by atoms with Gasteiger partial charge in [-0.1, -0.05) is 19.1 Å². The number of allylic oxidation sites excluding steroid dienone is 2. The van der Waals surface area contributed by atoms with E-state index in [0.29, 0.717) is 11.8 Å². The number of methoxy groups -OCH3 is 1. The molecule has 4 unspecified atom stereocenters. The lowest BCUT2D eigenvalue weighted by Gasteiger charge is -2.45. The topological polar surface area (TPSA) is 29.5 Å². The van der Waals surface area contributed by atoms with Gasteiger partial charge < -0.3 is 9.84 Å². The van der Waals surface area contributed by atoms with Crippen LogP contribution in [0.2, 0.25) is 0 Å². The van der Waals surface area contributed by atoms with E-state index in [-0.39, 0.29) is 11.5 Å². The van der Waals surface area contributed by atoms with Crippen LogP contribution < -0.4 is 4.74 Å². The summed E-state index contributed by atoms with van der Waals surface area (Å²) in [5, 5.41) is 10.4. The molecule has 1 aromatic carbocycles. The van der Waals surface area contributed by atoms with Crippen molar-refractivity contribution in [2.24, 2.45) is 17.3 Å². The van der Waals surface area contributed by atoms with Crippen molar-refractivity contribution in [3.63, 3.8) is 0 Å². The van der Waals surface area contributed by atoms with Crippen molar-refractivity contribution in [1.29, 1.82) is 0 Å². The van der Waals surface area contributed by atoms with Gasteiger partial charge in [0.05, 0.1) is 13.2 Å². The van der Waals surface area contributed by atoms with Crippen molar-refractivity contribution in [3.8, 4) is 5.75 Å². The maximum absolute atomic E-state index is 10.4. The van der Waals surface area contributed by atoms with Gasteiger partial charge in [-0.05, 0) is 72.8 Å². The third-order valence-electron chi connectivity index (χ3n) is 6.35. The van der Waals surface area contributed by atoms with Gasteiger partial charge in [0.1, 0.15) is 5.75 Å². The number of benzene rings is 1. The molecule has 0 bridgehead atoms. The number of fused-ring (bicyclic) bond motifs is 5.